The van der Waals surface area contributed by atoms with Gasteiger partial charge in [-0.15, -0.1) is 0 Å². The first-order valence-corrected chi connectivity index (χ1v) is 21.9. The molecule has 1 aliphatic heterocycles. The van der Waals surface area contributed by atoms with E-state index in [2.05, 4.69) is 20.9 Å². The Balaban J connectivity index is 1.07. The molecule has 7 aromatic carbocycles. The van der Waals surface area contributed by atoms with E-state index in [9.17, 15) is 10.6 Å². The summed E-state index contributed by atoms with van der Waals surface area (Å²) in [6.07, 6.45) is 0.187. The molecule has 332 valence electrons. The van der Waals surface area contributed by atoms with Crippen LogP contribution in [0.25, 0.3) is 21.6 Å². The molecule has 8 rings (SSSR count). The van der Waals surface area contributed by atoms with Crippen LogP contribution in [-0.4, -0.2) is 42.2 Å². The van der Waals surface area contributed by atoms with Crippen molar-refractivity contribution in [2.45, 2.75) is 44.1 Å². The zero-order chi connectivity index (χ0) is 45.4. The number of nitrogens with one attached hydrogen (secondary N) is 2. The lowest BCUT2D eigenvalue weighted by Crippen LogP contribution is -2.54. The van der Waals surface area contributed by atoms with Crippen molar-refractivity contribution >= 4 is 17.5 Å². The summed E-state index contributed by atoms with van der Waals surface area (Å²) in [7, 11) is 0. The quantitative estimate of drug-likeness (QED) is 0.0213. The minimum absolute atomic E-state index is 0.0292. The van der Waals surface area contributed by atoms with Gasteiger partial charge in [-0.3, -0.25) is 10.2 Å². The average molecular weight is 879 g/mol. The molecular weight excluding hydrogens is 829 g/mol. The lowest BCUT2D eigenvalue weighted by atomic mass is 9.81. The maximum absolute atomic E-state index is 15.1. The Labute approximate surface area is 384 Å². The minimum atomic E-state index is -1.58. The molecule has 1 aliphatic rings. The van der Waals surface area contributed by atoms with Gasteiger partial charge in [0.2, 0.25) is 5.90 Å². The average Bonchev–Trinajstić information content (AvgIpc) is 3.76. The first-order valence-electron chi connectivity index (χ1n) is 21.9. The molecule has 7 aromatic rings. The van der Waals surface area contributed by atoms with Crippen LogP contribution in [0, 0.1) is 0 Å². The van der Waals surface area contributed by atoms with Crippen LogP contribution in [0.4, 0.5) is 5.69 Å². The predicted molar refractivity (Wildman–Crippen MR) is 255 cm³/mol. The van der Waals surface area contributed by atoms with E-state index in [1.54, 1.807) is 24.3 Å². The van der Waals surface area contributed by atoms with Crippen LogP contribution in [0.2, 0.25) is 0 Å². The lowest BCUT2D eigenvalue weighted by molar-refractivity contribution is -0.130. The van der Waals surface area contributed by atoms with E-state index in [0.29, 0.717) is 73.3 Å². The van der Waals surface area contributed by atoms with E-state index >= 15 is 4.79 Å². The molecular formula is C54H50N6O6. The van der Waals surface area contributed by atoms with Crippen molar-refractivity contribution in [2.24, 2.45) is 10.1 Å². The fourth-order valence-corrected chi connectivity index (χ4v) is 7.73. The Morgan fingerprint density at radius 2 is 1.32 bits per heavy atom. The Morgan fingerprint density at radius 3 is 2.00 bits per heavy atom. The van der Waals surface area contributed by atoms with Gasteiger partial charge in [-0.1, -0.05) is 151 Å². The van der Waals surface area contributed by atoms with Crippen LogP contribution in [-0.2, 0) is 35.6 Å². The number of aliphatic imine (C=N–C) groups is 1. The van der Waals surface area contributed by atoms with Gasteiger partial charge < -0.3 is 24.1 Å². The first-order chi connectivity index (χ1) is 32.5. The number of hydrogen-bond donors (Lipinski definition) is 3. The van der Waals surface area contributed by atoms with E-state index in [4.69, 9.17) is 23.9 Å². The highest BCUT2D eigenvalue weighted by Crippen LogP contribution is 2.44. The minimum Gasteiger partial charge on any atom is -0.494 e. The molecule has 0 fully saturated rings. The van der Waals surface area contributed by atoms with E-state index < -0.39 is 17.6 Å². The third kappa shape index (κ3) is 11.2. The number of rotatable bonds is 21. The van der Waals surface area contributed by atoms with Crippen LogP contribution in [0.5, 0.6) is 17.2 Å². The molecule has 0 saturated carbocycles. The van der Waals surface area contributed by atoms with Crippen molar-refractivity contribution < 1.29 is 28.8 Å². The predicted octanol–water partition coefficient (Wildman–Crippen LogP) is 10.6. The SMILES string of the molecule is [N-]=[N+]=Nc1ccccc1C[C@]1(C(=O)NNCCc2ccc(OCc3ccccc3)c(OCc3ccccc3)c2)N=C(c2ccc(OCCCO)cc2)O[C@H]1c1ccc(-c2ccccc2)cc1. The molecule has 1 heterocycles. The lowest BCUT2D eigenvalue weighted by Gasteiger charge is -2.31. The fraction of sp³-hybridized carbons (Fsp3) is 0.185. The van der Waals surface area contributed by atoms with Crippen molar-refractivity contribution in [3.63, 3.8) is 0 Å². The Bertz CT molecular complexity index is 2750. The standard InChI is InChI=1S/C54H50N6O6/c55-60-58-48-20-11-10-19-46(48)36-54(51(44-24-22-43(23-25-44)42-17-8-3-9-18-42)66-52(57-54)45-26-28-47(29-27-45)63-34-12-33-61)53(62)59-56-32-31-39-21-30-49(64-37-40-13-4-1-5-14-40)50(35-39)65-38-41-15-6-2-7-16-41/h1-11,13-30,35,51,56,61H,12,31-34,36-38H2,(H,59,62)/t51-,54-/m0/s1. The second-order valence-electron chi connectivity index (χ2n) is 15.7. The Hall–Kier alpha value is -7.89. The molecule has 66 heavy (non-hydrogen) atoms. The van der Waals surface area contributed by atoms with Crippen LogP contribution in [0.1, 0.15) is 45.9 Å². The maximum Gasteiger partial charge on any atom is 0.266 e. The van der Waals surface area contributed by atoms with Gasteiger partial charge >= 0.3 is 0 Å². The highest BCUT2D eigenvalue weighted by atomic mass is 16.5. The van der Waals surface area contributed by atoms with Gasteiger partial charge in [0, 0.05) is 42.2 Å². The number of aliphatic hydroxyl groups is 1. The third-order valence-corrected chi connectivity index (χ3v) is 11.2. The number of aliphatic hydroxyl groups excluding tert-OH is 1. The highest BCUT2D eigenvalue weighted by Gasteiger charge is 2.53. The van der Waals surface area contributed by atoms with Gasteiger partial charge in [-0.25, -0.2) is 10.4 Å². The number of hydrogen-bond acceptors (Lipinski definition) is 9. The maximum atomic E-state index is 15.1. The summed E-state index contributed by atoms with van der Waals surface area (Å²) in [5, 5.41) is 13.2. The van der Waals surface area contributed by atoms with E-state index in [0.717, 1.165) is 33.4 Å². The number of benzene rings is 7. The van der Waals surface area contributed by atoms with Crippen molar-refractivity contribution in [1.82, 2.24) is 10.9 Å². The van der Waals surface area contributed by atoms with Gasteiger partial charge in [0.1, 0.15) is 19.0 Å². The normalized spacial score (nSPS) is 15.2. The number of azide groups is 1. The number of hydrazine groups is 1. The van der Waals surface area contributed by atoms with Crippen molar-refractivity contribution in [3.05, 3.63) is 226 Å². The van der Waals surface area contributed by atoms with Crippen LogP contribution in [0.3, 0.4) is 0 Å². The van der Waals surface area contributed by atoms with Crippen LogP contribution in [0.15, 0.2) is 192 Å². The monoisotopic (exact) mass is 878 g/mol. The van der Waals surface area contributed by atoms with Gasteiger partial charge in [-0.05, 0) is 87.3 Å². The number of carbonyl (C=O) groups excluding carboxylic acids is 1. The van der Waals surface area contributed by atoms with E-state index in [-0.39, 0.29) is 18.9 Å². The second kappa shape index (κ2) is 22.1. The summed E-state index contributed by atoms with van der Waals surface area (Å²) < 4.78 is 25.2. The van der Waals surface area contributed by atoms with Crippen molar-refractivity contribution in [2.75, 3.05) is 19.8 Å². The first kappa shape index (κ1) is 44.7. The van der Waals surface area contributed by atoms with Crippen molar-refractivity contribution in [1.29, 1.82) is 0 Å². The van der Waals surface area contributed by atoms with Gasteiger partial charge in [0.25, 0.3) is 5.91 Å². The summed E-state index contributed by atoms with van der Waals surface area (Å²) in [5.74, 6) is 1.70. The Kier molecular flexibility index (Phi) is 15.0. The topological polar surface area (TPSA) is 159 Å². The molecule has 0 unspecified atom stereocenters. The van der Waals surface area contributed by atoms with Gasteiger partial charge in [0.15, 0.2) is 23.1 Å². The Morgan fingerprint density at radius 1 is 0.697 bits per heavy atom. The molecule has 3 N–H and O–H groups in total. The smallest absolute Gasteiger partial charge is 0.266 e. The molecule has 0 radical (unpaired) electrons. The molecule has 0 saturated heterocycles. The zero-order valence-corrected chi connectivity index (χ0v) is 36.3. The van der Waals surface area contributed by atoms with E-state index in [1.807, 2.05) is 158 Å². The molecule has 12 nitrogen and oxygen atoms in total. The number of amides is 1. The summed E-state index contributed by atoms with van der Waals surface area (Å²) >= 11 is 0. The van der Waals surface area contributed by atoms with Gasteiger partial charge in [0.05, 0.1) is 6.61 Å². The van der Waals surface area contributed by atoms with Gasteiger partial charge in [-0.2, -0.15) is 0 Å². The summed E-state index contributed by atoms with van der Waals surface area (Å²) in [6, 6.07) is 58.3. The second-order valence-corrected chi connectivity index (χ2v) is 15.7. The van der Waals surface area contributed by atoms with Crippen molar-refractivity contribution in [3.8, 4) is 28.4 Å². The molecule has 12 heteroatoms. The fourth-order valence-electron chi connectivity index (χ4n) is 7.73. The molecule has 0 aromatic heterocycles. The number of carbonyl (C=O) groups is 1. The summed E-state index contributed by atoms with van der Waals surface area (Å²) in [6.45, 7) is 1.52. The molecule has 0 bridgehead atoms. The zero-order valence-electron chi connectivity index (χ0n) is 36.3. The number of nitrogens with zero attached hydrogens (tertiary/aromatic N) is 4. The summed E-state index contributed by atoms with van der Waals surface area (Å²) in [4.78, 5) is 23.3. The largest absolute Gasteiger partial charge is 0.494 e. The van der Waals surface area contributed by atoms with E-state index in [1.165, 1.54) is 0 Å². The highest BCUT2D eigenvalue weighted by molar-refractivity contribution is 6.01. The molecule has 0 spiro atoms. The molecule has 0 aliphatic carbocycles. The molecule has 2 atom stereocenters. The van der Waals surface area contributed by atoms with Crippen LogP contribution >= 0.6 is 0 Å². The number of ether oxygens (including phenoxy) is 4. The third-order valence-electron chi connectivity index (χ3n) is 11.2. The summed E-state index contributed by atoms with van der Waals surface area (Å²) in [5.41, 5.74) is 21.6. The van der Waals surface area contributed by atoms with Crippen LogP contribution < -0.4 is 25.1 Å². The molecule has 1 amide bonds.